The highest BCUT2D eigenvalue weighted by molar-refractivity contribution is 5.73. The molecule has 0 radical (unpaired) electrons. The second-order valence-electron chi connectivity index (χ2n) is 10.1. The Morgan fingerprint density at radius 1 is 0.881 bits per heavy atom. The van der Waals surface area contributed by atoms with Gasteiger partial charge in [0.05, 0.1) is 13.2 Å². The maximum atomic E-state index is 13.2. The highest BCUT2D eigenvalue weighted by Crippen LogP contribution is 2.23. The molecule has 0 heterocycles. The Morgan fingerprint density at radius 2 is 1.55 bits per heavy atom. The Kier molecular flexibility index (Phi) is 12.8. The van der Waals surface area contributed by atoms with Crippen LogP contribution in [0.2, 0.25) is 0 Å². The monoisotopic (exact) mass is 581 g/mol. The molecule has 1 N–H and O–H groups in total. The molecule has 3 aromatic rings. The first-order chi connectivity index (χ1) is 20.2. The standard InChI is InChI=1S/C33H40FNO7/c1-5-40-31(32(36)37)21-26-9-13-29(14-10-26)41-18-16-35(15-6-17-39-22-27-7-11-28(34)12-8-27)33(38)42-30-20-24(3)23(2)19-25(30)4/h7-14,19-20,31H,5-6,15-18,21-22H2,1-4H3,(H,36,37). The highest BCUT2D eigenvalue weighted by Gasteiger charge is 2.19. The van der Waals surface area contributed by atoms with Crippen LogP contribution in [0.4, 0.5) is 9.18 Å². The molecule has 1 atom stereocenters. The van der Waals surface area contributed by atoms with Gasteiger partial charge in [0.25, 0.3) is 0 Å². The lowest BCUT2D eigenvalue weighted by molar-refractivity contribution is -0.149. The Bertz CT molecular complexity index is 1300. The van der Waals surface area contributed by atoms with Crippen molar-refractivity contribution in [1.29, 1.82) is 0 Å². The zero-order valence-electron chi connectivity index (χ0n) is 24.7. The number of carboxylic acids is 1. The minimum absolute atomic E-state index is 0.230. The van der Waals surface area contributed by atoms with Crippen LogP contribution in [0.25, 0.3) is 0 Å². The van der Waals surface area contributed by atoms with Crippen LogP contribution in [-0.2, 0) is 27.3 Å². The first kappa shape index (κ1) is 32.6. The van der Waals surface area contributed by atoms with Gasteiger partial charge in [0, 0.05) is 26.2 Å². The maximum absolute atomic E-state index is 13.2. The molecule has 3 aromatic carbocycles. The average Bonchev–Trinajstić information content (AvgIpc) is 2.96. The predicted molar refractivity (Wildman–Crippen MR) is 158 cm³/mol. The minimum Gasteiger partial charge on any atom is -0.492 e. The third kappa shape index (κ3) is 10.5. The van der Waals surface area contributed by atoms with E-state index in [9.17, 15) is 19.1 Å². The van der Waals surface area contributed by atoms with Crippen LogP contribution >= 0.6 is 0 Å². The van der Waals surface area contributed by atoms with Gasteiger partial charge in [-0.3, -0.25) is 0 Å². The summed E-state index contributed by atoms with van der Waals surface area (Å²) >= 11 is 0. The van der Waals surface area contributed by atoms with Crippen molar-refractivity contribution in [3.8, 4) is 11.5 Å². The number of benzene rings is 3. The predicted octanol–water partition coefficient (Wildman–Crippen LogP) is 6.27. The number of aryl methyl sites for hydroxylation is 3. The summed E-state index contributed by atoms with van der Waals surface area (Å²) < 4.78 is 35.8. The van der Waals surface area contributed by atoms with Crippen LogP contribution in [0, 0.1) is 26.6 Å². The van der Waals surface area contributed by atoms with E-state index < -0.39 is 18.2 Å². The van der Waals surface area contributed by atoms with Crippen molar-refractivity contribution in [3.05, 3.63) is 94.3 Å². The van der Waals surface area contributed by atoms with E-state index in [0.717, 1.165) is 27.8 Å². The molecule has 0 aliphatic carbocycles. The first-order valence-electron chi connectivity index (χ1n) is 14.1. The van der Waals surface area contributed by atoms with Crippen molar-refractivity contribution in [2.75, 3.05) is 32.9 Å². The molecular formula is C33H40FNO7. The zero-order chi connectivity index (χ0) is 30.5. The van der Waals surface area contributed by atoms with Crippen LogP contribution in [0.1, 0.15) is 41.2 Å². The Morgan fingerprint density at radius 3 is 2.21 bits per heavy atom. The molecule has 1 amide bonds. The normalized spacial score (nSPS) is 11.6. The van der Waals surface area contributed by atoms with Crippen molar-refractivity contribution in [2.45, 2.75) is 53.2 Å². The fourth-order valence-electron chi connectivity index (χ4n) is 4.25. The number of rotatable bonds is 16. The van der Waals surface area contributed by atoms with Gasteiger partial charge in [-0.25, -0.2) is 14.0 Å². The second-order valence-corrected chi connectivity index (χ2v) is 10.1. The average molecular weight is 582 g/mol. The van der Waals surface area contributed by atoms with Gasteiger partial charge in [-0.2, -0.15) is 0 Å². The molecule has 1 unspecified atom stereocenters. The third-order valence-corrected chi connectivity index (χ3v) is 6.76. The van der Waals surface area contributed by atoms with Crippen LogP contribution in [0.15, 0.2) is 60.7 Å². The molecule has 0 aliphatic heterocycles. The molecule has 9 heteroatoms. The largest absolute Gasteiger partial charge is 0.492 e. The lowest BCUT2D eigenvalue weighted by Gasteiger charge is -2.23. The lowest BCUT2D eigenvalue weighted by Crippen LogP contribution is -2.38. The van der Waals surface area contributed by atoms with Gasteiger partial charge in [-0.05, 0) is 92.3 Å². The van der Waals surface area contributed by atoms with E-state index in [0.29, 0.717) is 44.3 Å². The molecule has 0 aromatic heterocycles. The number of hydrogen-bond donors (Lipinski definition) is 1. The van der Waals surface area contributed by atoms with E-state index in [1.165, 1.54) is 12.1 Å². The van der Waals surface area contributed by atoms with E-state index >= 15 is 0 Å². The SMILES string of the molecule is CCOC(Cc1ccc(OCCN(CCCOCc2ccc(F)cc2)C(=O)Oc2cc(C)c(C)cc2C)cc1)C(=O)O. The molecule has 42 heavy (non-hydrogen) atoms. The van der Waals surface area contributed by atoms with Crippen LogP contribution in [-0.4, -0.2) is 61.1 Å². The van der Waals surface area contributed by atoms with Gasteiger partial charge in [0.1, 0.15) is 23.9 Å². The fraction of sp³-hybridized carbons (Fsp3) is 0.394. The molecular weight excluding hydrogens is 541 g/mol. The van der Waals surface area contributed by atoms with Gasteiger partial charge in [-0.1, -0.05) is 30.3 Å². The summed E-state index contributed by atoms with van der Waals surface area (Å²) in [7, 11) is 0. The van der Waals surface area contributed by atoms with Gasteiger partial charge in [0.2, 0.25) is 0 Å². The highest BCUT2D eigenvalue weighted by atomic mass is 19.1. The van der Waals surface area contributed by atoms with Gasteiger partial charge in [-0.15, -0.1) is 0 Å². The van der Waals surface area contributed by atoms with E-state index in [1.54, 1.807) is 48.2 Å². The Hall–Kier alpha value is -3.95. The Labute approximate surface area is 247 Å². The minimum atomic E-state index is -0.999. The third-order valence-electron chi connectivity index (χ3n) is 6.76. The Balaban J connectivity index is 1.56. The van der Waals surface area contributed by atoms with Crippen LogP contribution in [0.3, 0.4) is 0 Å². The van der Waals surface area contributed by atoms with Crippen molar-refractivity contribution >= 4 is 12.1 Å². The molecule has 0 fully saturated rings. The summed E-state index contributed by atoms with van der Waals surface area (Å²) in [5.41, 5.74) is 4.72. The molecule has 8 nitrogen and oxygen atoms in total. The van der Waals surface area contributed by atoms with E-state index in [2.05, 4.69) is 0 Å². The van der Waals surface area contributed by atoms with Crippen molar-refractivity contribution in [3.63, 3.8) is 0 Å². The number of ether oxygens (including phenoxy) is 4. The van der Waals surface area contributed by atoms with E-state index in [1.807, 2.05) is 32.9 Å². The van der Waals surface area contributed by atoms with Crippen LogP contribution < -0.4 is 9.47 Å². The number of aliphatic carboxylic acids is 1. The van der Waals surface area contributed by atoms with Crippen molar-refractivity contribution in [1.82, 2.24) is 4.90 Å². The first-order valence-corrected chi connectivity index (χ1v) is 14.1. The number of halogens is 1. The van der Waals surface area contributed by atoms with Gasteiger partial charge in [0.15, 0.2) is 6.10 Å². The van der Waals surface area contributed by atoms with Gasteiger partial charge >= 0.3 is 12.1 Å². The number of carboxylic acid groups (broad SMARTS) is 1. The van der Waals surface area contributed by atoms with Crippen LogP contribution in [0.5, 0.6) is 11.5 Å². The summed E-state index contributed by atoms with van der Waals surface area (Å²) in [6.07, 6.45) is -0.553. The molecule has 0 spiro atoms. The lowest BCUT2D eigenvalue weighted by atomic mass is 10.1. The second kappa shape index (κ2) is 16.5. The van der Waals surface area contributed by atoms with E-state index in [4.69, 9.17) is 18.9 Å². The summed E-state index contributed by atoms with van der Waals surface area (Å²) in [4.78, 5) is 26.1. The molecule has 0 saturated carbocycles. The quantitative estimate of drug-likeness (QED) is 0.199. The van der Waals surface area contributed by atoms with Crippen molar-refractivity contribution in [2.24, 2.45) is 0 Å². The number of nitrogens with zero attached hydrogens (tertiary/aromatic N) is 1. The number of amides is 1. The number of carbonyl (C=O) groups excluding carboxylic acids is 1. The smallest absolute Gasteiger partial charge is 0.415 e. The summed E-state index contributed by atoms with van der Waals surface area (Å²) in [5, 5.41) is 9.31. The van der Waals surface area contributed by atoms with Crippen molar-refractivity contribution < 1.29 is 38.0 Å². The molecule has 0 aliphatic rings. The topological polar surface area (TPSA) is 94.5 Å². The summed E-state index contributed by atoms with van der Waals surface area (Å²) in [6.45, 7) is 9.64. The zero-order valence-corrected chi connectivity index (χ0v) is 24.7. The fourth-order valence-corrected chi connectivity index (χ4v) is 4.25. The summed E-state index contributed by atoms with van der Waals surface area (Å²) in [6, 6.07) is 17.1. The number of hydrogen-bond acceptors (Lipinski definition) is 6. The molecule has 226 valence electrons. The molecule has 0 saturated heterocycles. The maximum Gasteiger partial charge on any atom is 0.415 e. The summed E-state index contributed by atoms with van der Waals surface area (Å²) in [5.74, 6) is -0.175. The van der Waals surface area contributed by atoms with E-state index in [-0.39, 0.29) is 25.4 Å². The number of carbonyl (C=O) groups is 2. The molecule has 0 bridgehead atoms. The molecule has 3 rings (SSSR count). The van der Waals surface area contributed by atoms with Gasteiger partial charge < -0.3 is 29.0 Å².